The van der Waals surface area contributed by atoms with Crippen molar-refractivity contribution in [3.8, 4) is 5.75 Å². The SMILES string of the molecule is CCCOc1ccc(NC(=O)CC2C(=O)N(c3cccc(C)c3)C(=O)N2C2CCCC2)cc1. The Balaban J connectivity index is 1.50. The zero-order chi connectivity index (χ0) is 23.4. The van der Waals surface area contributed by atoms with Crippen LogP contribution in [-0.4, -0.2) is 41.4 Å². The second kappa shape index (κ2) is 10.1. The molecule has 1 saturated carbocycles. The van der Waals surface area contributed by atoms with Gasteiger partial charge in [0.25, 0.3) is 5.91 Å². The second-order valence-electron chi connectivity index (χ2n) is 8.78. The Morgan fingerprint density at radius 1 is 1.09 bits per heavy atom. The third-order valence-electron chi connectivity index (χ3n) is 6.22. The number of anilines is 2. The fourth-order valence-corrected chi connectivity index (χ4v) is 4.64. The van der Waals surface area contributed by atoms with Gasteiger partial charge >= 0.3 is 6.03 Å². The molecule has 33 heavy (non-hydrogen) atoms. The van der Waals surface area contributed by atoms with E-state index in [1.54, 1.807) is 35.2 Å². The molecule has 0 bridgehead atoms. The van der Waals surface area contributed by atoms with Crippen molar-refractivity contribution in [2.24, 2.45) is 0 Å². The predicted octanol–water partition coefficient (Wildman–Crippen LogP) is 4.89. The van der Waals surface area contributed by atoms with Crippen molar-refractivity contribution in [2.45, 2.75) is 64.5 Å². The van der Waals surface area contributed by atoms with E-state index in [1.807, 2.05) is 32.0 Å². The molecule has 1 heterocycles. The summed E-state index contributed by atoms with van der Waals surface area (Å²) in [5.74, 6) is 0.112. The second-order valence-corrected chi connectivity index (χ2v) is 8.78. The van der Waals surface area contributed by atoms with Crippen molar-refractivity contribution in [3.63, 3.8) is 0 Å². The van der Waals surface area contributed by atoms with E-state index in [1.165, 1.54) is 4.90 Å². The van der Waals surface area contributed by atoms with Crippen molar-refractivity contribution >= 4 is 29.2 Å². The molecule has 4 amide bonds. The summed E-state index contributed by atoms with van der Waals surface area (Å²) < 4.78 is 5.57. The third-order valence-corrected chi connectivity index (χ3v) is 6.22. The van der Waals surface area contributed by atoms with Crippen molar-refractivity contribution < 1.29 is 19.1 Å². The van der Waals surface area contributed by atoms with E-state index in [9.17, 15) is 14.4 Å². The summed E-state index contributed by atoms with van der Waals surface area (Å²) >= 11 is 0. The van der Waals surface area contributed by atoms with Gasteiger partial charge in [0, 0.05) is 11.7 Å². The fraction of sp³-hybridized carbons (Fsp3) is 0.423. The number of amides is 4. The van der Waals surface area contributed by atoms with Crippen LogP contribution in [0.4, 0.5) is 16.2 Å². The van der Waals surface area contributed by atoms with Crippen LogP contribution in [0.3, 0.4) is 0 Å². The minimum absolute atomic E-state index is 0.0101. The highest BCUT2D eigenvalue weighted by atomic mass is 16.5. The van der Waals surface area contributed by atoms with Gasteiger partial charge in [-0.05, 0) is 68.1 Å². The van der Waals surface area contributed by atoms with Crippen molar-refractivity contribution in [1.29, 1.82) is 0 Å². The molecule has 2 aromatic rings. The van der Waals surface area contributed by atoms with Crippen LogP contribution in [0.25, 0.3) is 0 Å². The van der Waals surface area contributed by atoms with Gasteiger partial charge in [-0.3, -0.25) is 9.59 Å². The summed E-state index contributed by atoms with van der Waals surface area (Å²) in [4.78, 5) is 42.5. The number of ether oxygens (including phenoxy) is 1. The predicted molar refractivity (Wildman–Crippen MR) is 127 cm³/mol. The van der Waals surface area contributed by atoms with Crippen LogP contribution in [0.2, 0.25) is 0 Å². The van der Waals surface area contributed by atoms with Gasteiger partial charge in [-0.25, -0.2) is 9.69 Å². The average molecular weight is 450 g/mol. The fourth-order valence-electron chi connectivity index (χ4n) is 4.64. The van der Waals surface area contributed by atoms with E-state index in [0.717, 1.165) is 43.4 Å². The number of hydrogen-bond donors (Lipinski definition) is 1. The molecule has 2 fully saturated rings. The first-order valence-corrected chi connectivity index (χ1v) is 11.7. The zero-order valence-electron chi connectivity index (χ0n) is 19.3. The van der Waals surface area contributed by atoms with Gasteiger partial charge in [0.1, 0.15) is 11.8 Å². The van der Waals surface area contributed by atoms with Crippen LogP contribution in [0.15, 0.2) is 48.5 Å². The lowest BCUT2D eigenvalue weighted by Gasteiger charge is -2.27. The maximum Gasteiger partial charge on any atom is 0.332 e. The van der Waals surface area contributed by atoms with Crippen LogP contribution in [0, 0.1) is 6.92 Å². The lowest BCUT2D eigenvalue weighted by atomic mass is 10.1. The molecule has 174 valence electrons. The lowest BCUT2D eigenvalue weighted by Crippen LogP contribution is -2.43. The summed E-state index contributed by atoms with van der Waals surface area (Å²) in [7, 11) is 0. The van der Waals surface area contributed by atoms with Gasteiger partial charge < -0.3 is 15.0 Å². The molecular formula is C26H31N3O4. The van der Waals surface area contributed by atoms with Crippen molar-refractivity contribution in [3.05, 3.63) is 54.1 Å². The molecule has 1 N–H and O–H groups in total. The van der Waals surface area contributed by atoms with E-state index in [-0.39, 0.29) is 30.3 Å². The summed E-state index contributed by atoms with van der Waals surface area (Å²) in [5.41, 5.74) is 2.15. The number of nitrogens with zero attached hydrogens (tertiary/aromatic N) is 2. The number of urea groups is 1. The Kier molecular flexibility index (Phi) is 6.96. The van der Waals surface area contributed by atoms with Crippen molar-refractivity contribution in [2.75, 3.05) is 16.8 Å². The molecule has 0 aromatic heterocycles. The zero-order valence-corrected chi connectivity index (χ0v) is 19.3. The average Bonchev–Trinajstić information content (AvgIpc) is 3.40. The number of carbonyl (C=O) groups is 3. The van der Waals surface area contributed by atoms with Crippen LogP contribution < -0.4 is 15.0 Å². The Hall–Kier alpha value is -3.35. The lowest BCUT2D eigenvalue weighted by molar-refractivity contribution is -0.124. The quantitative estimate of drug-likeness (QED) is 0.582. The summed E-state index contributed by atoms with van der Waals surface area (Å²) in [5, 5.41) is 2.86. The topological polar surface area (TPSA) is 79.0 Å². The molecule has 4 rings (SSSR count). The molecule has 2 aliphatic rings. The first kappa shape index (κ1) is 22.8. The maximum absolute atomic E-state index is 13.4. The Morgan fingerprint density at radius 3 is 2.48 bits per heavy atom. The van der Waals surface area contributed by atoms with Gasteiger partial charge in [-0.15, -0.1) is 0 Å². The van der Waals surface area contributed by atoms with Crippen LogP contribution in [0.5, 0.6) is 5.75 Å². The normalized spacial score (nSPS) is 18.8. The van der Waals surface area contributed by atoms with Gasteiger partial charge in [-0.2, -0.15) is 0 Å². The van der Waals surface area contributed by atoms with Crippen LogP contribution in [-0.2, 0) is 9.59 Å². The molecular weight excluding hydrogens is 418 g/mol. The van der Waals surface area contributed by atoms with E-state index >= 15 is 0 Å². The number of imide groups is 1. The van der Waals surface area contributed by atoms with E-state index in [0.29, 0.717) is 18.0 Å². The molecule has 1 atom stereocenters. The van der Waals surface area contributed by atoms with Crippen LogP contribution >= 0.6 is 0 Å². The van der Waals surface area contributed by atoms with Gasteiger partial charge in [0.15, 0.2) is 0 Å². The molecule has 1 aliphatic heterocycles. The number of nitrogens with one attached hydrogen (secondary N) is 1. The molecule has 1 saturated heterocycles. The highest BCUT2D eigenvalue weighted by molar-refractivity contribution is 6.22. The van der Waals surface area contributed by atoms with Crippen LogP contribution in [0.1, 0.15) is 51.0 Å². The number of benzene rings is 2. The third kappa shape index (κ3) is 5.02. The first-order valence-electron chi connectivity index (χ1n) is 11.7. The van der Waals surface area contributed by atoms with E-state index in [4.69, 9.17) is 4.74 Å². The minimum Gasteiger partial charge on any atom is -0.494 e. The highest BCUT2D eigenvalue weighted by Crippen LogP contribution is 2.34. The Morgan fingerprint density at radius 2 is 1.82 bits per heavy atom. The molecule has 2 aromatic carbocycles. The molecule has 1 aliphatic carbocycles. The molecule has 7 heteroatoms. The van der Waals surface area contributed by atoms with E-state index < -0.39 is 6.04 Å². The molecule has 0 radical (unpaired) electrons. The van der Waals surface area contributed by atoms with E-state index in [2.05, 4.69) is 5.32 Å². The number of aryl methyl sites for hydroxylation is 1. The van der Waals surface area contributed by atoms with Crippen molar-refractivity contribution in [1.82, 2.24) is 4.90 Å². The summed E-state index contributed by atoms with van der Waals surface area (Å²) in [6, 6.07) is 13.4. The number of rotatable bonds is 8. The van der Waals surface area contributed by atoms with Gasteiger partial charge in [-0.1, -0.05) is 31.9 Å². The Labute approximate surface area is 194 Å². The largest absolute Gasteiger partial charge is 0.494 e. The number of hydrogen-bond acceptors (Lipinski definition) is 4. The molecule has 7 nitrogen and oxygen atoms in total. The number of carbonyl (C=O) groups excluding carboxylic acids is 3. The first-order chi connectivity index (χ1) is 16.0. The molecule has 0 spiro atoms. The minimum atomic E-state index is -0.798. The monoisotopic (exact) mass is 449 g/mol. The molecule has 1 unspecified atom stereocenters. The summed E-state index contributed by atoms with van der Waals surface area (Å²) in [6.45, 7) is 4.60. The smallest absolute Gasteiger partial charge is 0.332 e. The maximum atomic E-state index is 13.4. The summed E-state index contributed by atoms with van der Waals surface area (Å²) in [6.07, 6.45) is 4.62. The standard InChI is InChI=1S/C26H31N3O4/c1-3-15-33-22-13-11-19(12-14-22)27-24(30)17-23-25(31)29(21-10-6-7-18(2)16-21)26(32)28(23)20-8-4-5-9-20/h6-7,10-14,16,20,23H,3-5,8-9,15,17H2,1-2H3,(H,27,30). The van der Waals surface area contributed by atoms with Gasteiger partial charge in [0.05, 0.1) is 18.7 Å². The van der Waals surface area contributed by atoms with Gasteiger partial charge in [0.2, 0.25) is 5.91 Å². The Bertz CT molecular complexity index is 1010. The highest BCUT2D eigenvalue weighted by Gasteiger charge is 2.49.